The maximum Gasteiger partial charge on any atom is 0.233 e. The van der Waals surface area contributed by atoms with Crippen LogP contribution in [0.3, 0.4) is 0 Å². The van der Waals surface area contributed by atoms with Crippen LogP contribution in [0.2, 0.25) is 0 Å². The summed E-state index contributed by atoms with van der Waals surface area (Å²) in [4.78, 5) is 16.1. The summed E-state index contributed by atoms with van der Waals surface area (Å²) >= 11 is 1.66. The predicted molar refractivity (Wildman–Crippen MR) is 84.5 cm³/mol. The van der Waals surface area contributed by atoms with Gasteiger partial charge in [-0.3, -0.25) is 9.89 Å². The van der Waals surface area contributed by atoms with Crippen molar-refractivity contribution >= 4 is 17.2 Å². The number of amides is 1. The number of nitrogens with zero attached hydrogens (tertiary/aromatic N) is 2. The van der Waals surface area contributed by atoms with Crippen LogP contribution in [-0.2, 0) is 10.2 Å². The molecule has 0 radical (unpaired) electrons. The van der Waals surface area contributed by atoms with Crippen molar-refractivity contribution in [2.45, 2.75) is 38.0 Å². The third-order valence-electron chi connectivity index (χ3n) is 4.34. The zero-order chi connectivity index (χ0) is 14.9. The quantitative estimate of drug-likeness (QED) is 0.947. The summed E-state index contributed by atoms with van der Waals surface area (Å²) in [6.45, 7) is 5.70. The average molecular weight is 303 g/mol. The first-order chi connectivity index (χ1) is 10.1. The van der Waals surface area contributed by atoms with E-state index < -0.39 is 5.41 Å². The summed E-state index contributed by atoms with van der Waals surface area (Å²) in [6, 6.07) is 6.08. The molecular formula is C16H21N3OS. The third kappa shape index (κ3) is 2.75. The Labute approximate surface area is 129 Å². The first-order valence-electron chi connectivity index (χ1n) is 7.41. The van der Waals surface area contributed by atoms with Gasteiger partial charge < -0.3 is 4.90 Å². The summed E-state index contributed by atoms with van der Waals surface area (Å²) in [5.74, 6) is 0.610. The highest BCUT2D eigenvalue weighted by Gasteiger charge is 2.36. The molecule has 0 saturated carbocycles. The van der Waals surface area contributed by atoms with Gasteiger partial charge in [0.1, 0.15) is 0 Å². The molecule has 0 bridgehead atoms. The van der Waals surface area contributed by atoms with Gasteiger partial charge in [-0.2, -0.15) is 5.10 Å². The van der Waals surface area contributed by atoms with Crippen LogP contribution in [0.25, 0.3) is 0 Å². The Morgan fingerprint density at radius 3 is 3.00 bits per heavy atom. The number of hydrogen-bond acceptors (Lipinski definition) is 3. The van der Waals surface area contributed by atoms with E-state index in [1.807, 2.05) is 36.3 Å². The molecule has 21 heavy (non-hydrogen) atoms. The van der Waals surface area contributed by atoms with E-state index >= 15 is 0 Å². The second kappa shape index (κ2) is 5.64. The lowest BCUT2D eigenvalue weighted by Gasteiger charge is -2.37. The van der Waals surface area contributed by atoms with Crippen molar-refractivity contribution in [3.05, 3.63) is 40.3 Å². The van der Waals surface area contributed by atoms with Crippen molar-refractivity contribution in [2.75, 3.05) is 13.1 Å². The molecule has 0 spiro atoms. The van der Waals surface area contributed by atoms with Crippen LogP contribution >= 0.6 is 11.3 Å². The summed E-state index contributed by atoms with van der Waals surface area (Å²) in [5, 5.41) is 9.11. The number of H-pyrrole nitrogens is 1. The van der Waals surface area contributed by atoms with Crippen LogP contribution in [0.15, 0.2) is 29.8 Å². The number of aromatic nitrogens is 2. The molecule has 112 valence electrons. The van der Waals surface area contributed by atoms with Gasteiger partial charge in [0, 0.05) is 35.8 Å². The van der Waals surface area contributed by atoms with Crippen molar-refractivity contribution < 1.29 is 4.79 Å². The summed E-state index contributed by atoms with van der Waals surface area (Å²) in [6.07, 6.45) is 3.95. The molecule has 1 saturated heterocycles. The SMILES string of the molecule is CC(C)(C(=O)N1CCC[C@@H](c2ccn[nH]2)C1)c1cccs1. The predicted octanol–water partition coefficient (Wildman–Crippen LogP) is 3.16. The number of thiophene rings is 1. The van der Waals surface area contributed by atoms with E-state index in [1.54, 1.807) is 17.5 Å². The van der Waals surface area contributed by atoms with E-state index in [4.69, 9.17) is 0 Å². The summed E-state index contributed by atoms with van der Waals surface area (Å²) in [7, 11) is 0. The van der Waals surface area contributed by atoms with E-state index in [0.717, 1.165) is 36.5 Å². The molecular weight excluding hydrogens is 282 g/mol. The number of hydrogen-bond donors (Lipinski definition) is 1. The van der Waals surface area contributed by atoms with Crippen molar-refractivity contribution in [1.82, 2.24) is 15.1 Å². The minimum atomic E-state index is -0.440. The van der Waals surface area contributed by atoms with Gasteiger partial charge in [-0.15, -0.1) is 11.3 Å². The van der Waals surface area contributed by atoms with E-state index in [0.29, 0.717) is 5.92 Å². The van der Waals surface area contributed by atoms with Gasteiger partial charge in [0.2, 0.25) is 5.91 Å². The highest BCUT2D eigenvalue weighted by Crippen LogP contribution is 2.33. The maximum atomic E-state index is 12.9. The largest absolute Gasteiger partial charge is 0.341 e. The van der Waals surface area contributed by atoms with Crippen LogP contribution in [0.1, 0.15) is 43.2 Å². The van der Waals surface area contributed by atoms with Crippen LogP contribution in [0.4, 0.5) is 0 Å². The van der Waals surface area contributed by atoms with Crippen LogP contribution < -0.4 is 0 Å². The van der Waals surface area contributed by atoms with E-state index in [1.165, 1.54) is 0 Å². The molecule has 0 aliphatic carbocycles. The van der Waals surface area contributed by atoms with Crippen molar-refractivity contribution in [3.63, 3.8) is 0 Å². The number of piperidine rings is 1. The van der Waals surface area contributed by atoms with Gasteiger partial charge in [-0.25, -0.2) is 0 Å². The van der Waals surface area contributed by atoms with Gasteiger partial charge in [-0.1, -0.05) is 6.07 Å². The molecule has 1 fully saturated rings. The molecule has 4 nitrogen and oxygen atoms in total. The number of carbonyl (C=O) groups is 1. The number of carbonyl (C=O) groups excluding carboxylic acids is 1. The molecule has 2 aromatic heterocycles. The molecule has 1 aliphatic heterocycles. The van der Waals surface area contributed by atoms with E-state index in [-0.39, 0.29) is 5.91 Å². The van der Waals surface area contributed by atoms with Crippen LogP contribution in [-0.4, -0.2) is 34.1 Å². The Hall–Kier alpha value is -1.62. The van der Waals surface area contributed by atoms with Crippen molar-refractivity contribution in [3.8, 4) is 0 Å². The number of rotatable bonds is 3. The molecule has 1 atom stereocenters. The lowest BCUT2D eigenvalue weighted by atomic mass is 9.87. The zero-order valence-corrected chi connectivity index (χ0v) is 13.3. The Bertz CT molecular complexity index is 589. The number of likely N-dealkylation sites (tertiary alicyclic amines) is 1. The highest BCUT2D eigenvalue weighted by molar-refractivity contribution is 7.10. The number of nitrogens with one attached hydrogen (secondary N) is 1. The first kappa shape index (κ1) is 14.3. The molecule has 1 aliphatic rings. The smallest absolute Gasteiger partial charge is 0.233 e. The molecule has 0 unspecified atom stereocenters. The monoisotopic (exact) mass is 303 g/mol. The molecule has 1 N–H and O–H groups in total. The van der Waals surface area contributed by atoms with Crippen molar-refractivity contribution in [2.24, 2.45) is 0 Å². The summed E-state index contributed by atoms with van der Waals surface area (Å²) in [5.41, 5.74) is 0.700. The van der Waals surface area contributed by atoms with Gasteiger partial charge in [-0.05, 0) is 44.2 Å². The van der Waals surface area contributed by atoms with Gasteiger partial charge in [0.15, 0.2) is 0 Å². The second-order valence-electron chi connectivity index (χ2n) is 6.20. The molecule has 3 rings (SSSR count). The normalized spacial score (nSPS) is 19.7. The fourth-order valence-corrected chi connectivity index (χ4v) is 3.89. The summed E-state index contributed by atoms with van der Waals surface area (Å²) < 4.78 is 0. The van der Waals surface area contributed by atoms with E-state index in [2.05, 4.69) is 16.3 Å². The van der Waals surface area contributed by atoms with Gasteiger partial charge in [0.05, 0.1) is 5.41 Å². The fourth-order valence-electron chi connectivity index (χ4n) is 3.04. The minimum absolute atomic E-state index is 0.231. The van der Waals surface area contributed by atoms with Crippen molar-refractivity contribution in [1.29, 1.82) is 0 Å². The first-order valence-corrected chi connectivity index (χ1v) is 8.29. The molecule has 0 aromatic carbocycles. The second-order valence-corrected chi connectivity index (χ2v) is 7.15. The maximum absolute atomic E-state index is 12.9. The van der Waals surface area contributed by atoms with E-state index in [9.17, 15) is 4.79 Å². The lowest BCUT2D eigenvalue weighted by Crippen LogP contribution is -2.47. The van der Waals surface area contributed by atoms with Gasteiger partial charge >= 0.3 is 0 Å². The standard InChI is InChI=1S/C16H21N3OS/c1-16(2,14-6-4-10-21-14)15(20)19-9-3-5-12(11-19)13-7-8-17-18-13/h4,6-8,10,12H,3,5,9,11H2,1-2H3,(H,17,18)/t12-/m1/s1. The minimum Gasteiger partial charge on any atom is -0.341 e. The van der Waals surface area contributed by atoms with Gasteiger partial charge in [0.25, 0.3) is 0 Å². The highest BCUT2D eigenvalue weighted by atomic mass is 32.1. The lowest BCUT2D eigenvalue weighted by molar-refractivity contribution is -0.137. The number of aromatic amines is 1. The molecule has 1 amide bonds. The Morgan fingerprint density at radius 1 is 1.48 bits per heavy atom. The molecule has 3 heterocycles. The topological polar surface area (TPSA) is 49.0 Å². The third-order valence-corrected chi connectivity index (χ3v) is 5.54. The average Bonchev–Trinajstić information content (AvgIpc) is 3.19. The molecule has 2 aromatic rings. The van der Waals surface area contributed by atoms with Crippen LogP contribution in [0, 0.1) is 0 Å². The Morgan fingerprint density at radius 2 is 2.33 bits per heavy atom. The molecule has 5 heteroatoms. The Balaban J connectivity index is 1.75. The fraction of sp³-hybridized carbons (Fsp3) is 0.500. The Kier molecular flexibility index (Phi) is 3.85. The zero-order valence-electron chi connectivity index (χ0n) is 12.5. The van der Waals surface area contributed by atoms with Crippen LogP contribution in [0.5, 0.6) is 0 Å².